The quantitative estimate of drug-likeness (QED) is 0.488. The van der Waals surface area contributed by atoms with Crippen molar-refractivity contribution in [1.29, 1.82) is 0 Å². The zero-order valence-electron chi connectivity index (χ0n) is 16.1. The van der Waals surface area contributed by atoms with E-state index >= 15 is 0 Å². The third-order valence-corrected chi connectivity index (χ3v) is 5.05. The van der Waals surface area contributed by atoms with Crippen LogP contribution in [0.4, 0.5) is 10.8 Å². The molecule has 3 aromatic heterocycles. The number of aryl methyl sites for hydroxylation is 2. The van der Waals surface area contributed by atoms with E-state index in [1.165, 1.54) is 17.6 Å². The summed E-state index contributed by atoms with van der Waals surface area (Å²) in [6, 6.07) is 8.85. The van der Waals surface area contributed by atoms with Gasteiger partial charge < -0.3 is 9.73 Å². The van der Waals surface area contributed by atoms with Crippen molar-refractivity contribution < 1.29 is 14.0 Å². The Morgan fingerprint density at radius 1 is 1.23 bits per heavy atom. The maximum Gasteiger partial charge on any atom is 0.260 e. The predicted molar refractivity (Wildman–Crippen MR) is 110 cm³/mol. The molecule has 2 N–H and O–H groups in total. The first-order valence-corrected chi connectivity index (χ1v) is 9.80. The van der Waals surface area contributed by atoms with Gasteiger partial charge in [-0.2, -0.15) is 0 Å². The summed E-state index contributed by atoms with van der Waals surface area (Å²) in [5.74, 6) is 0.598. The van der Waals surface area contributed by atoms with Crippen LogP contribution in [0.3, 0.4) is 0 Å². The van der Waals surface area contributed by atoms with E-state index in [1.54, 1.807) is 42.2 Å². The van der Waals surface area contributed by atoms with Crippen LogP contribution in [0.15, 0.2) is 46.4 Å². The normalized spacial score (nSPS) is 10.7. The van der Waals surface area contributed by atoms with Crippen LogP contribution < -0.4 is 10.6 Å². The number of furan rings is 1. The summed E-state index contributed by atoms with van der Waals surface area (Å²) in [5.41, 5.74) is 2.42. The average molecular weight is 423 g/mol. The zero-order chi connectivity index (χ0) is 21.1. The van der Waals surface area contributed by atoms with Gasteiger partial charge in [-0.15, -0.1) is 16.4 Å². The number of carbonyl (C=O) groups is 2. The van der Waals surface area contributed by atoms with E-state index in [0.29, 0.717) is 33.7 Å². The van der Waals surface area contributed by atoms with E-state index in [4.69, 9.17) is 4.42 Å². The molecule has 11 heteroatoms. The lowest BCUT2D eigenvalue weighted by atomic mass is 10.2. The van der Waals surface area contributed by atoms with Gasteiger partial charge in [-0.1, -0.05) is 12.1 Å². The second-order valence-electron chi connectivity index (χ2n) is 6.42. The highest BCUT2D eigenvalue weighted by Gasteiger charge is 2.15. The number of nitrogens with one attached hydrogen (secondary N) is 2. The van der Waals surface area contributed by atoms with Crippen LogP contribution in [0.1, 0.15) is 21.8 Å². The molecule has 0 fully saturated rings. The molecule has 0 atom stereocenters. The number of anilines is 2. The molecule has 152 valence electrons. The fourth-order valence-electron chi connectivity index (χ4n) is 2.81. The molecule has 3 heterocycles. The molecule has 0 aliphatic rings. The van der Waals surface area contributed by atoms with Gasteiger partial charge in [0.15, 0.2) is 11.0 Å². The number of benzene rings is 1. The summed E-state index contributed by atoms with van der Waals surface area (Å²) in [5, 5.41) is 19.1. The highest BCUT2D eigenvalue weighted by molar-refractivity contribution is 7.14. The van der Waals surface area contributed by atoms with Gasteiger partial charge in [0.25, 0.3) is 5.91 Å². The standard InChI is InChI=1S/C19H17N7O3S/c1-11-15(6-7-29-11)18(28)22-19-21-14(10-30-19)9-16(27)20-13-5-3-4-12(8-13)17-23-24-25-26(17)2/h3-8,10H,9H2,1-2H3,(H,20,27)(H,21,22,28). The molecule has 0 saturated carbocycles. The topological polar surface area (TPSA) is 128 Å². The Balaban J connectivity index is 1.38. The Hall–Kier alpha value is -3.86. The Labute approximate surface area is 174 Å². The van der Waals surface area contributed by atoms with Crippen molar-refractivity contribution in [2.75, 3.05) is 10.6 Å². The predicted octanol–water partition coefficient (Wildman–Crippen LogP) is 2.67. The van der Waals surface area contributed by atoms with Crippen LogP contribution in [-0.4, -0.2) is 37.0 Å². The second kappa shape index (κ2) is 8.25. The first-order valence-electron chi connectivity index (χ1n) is 8.92. The van der Waals surface area contributed by atoms with Crippen LogP contribution in [0.5, 0.6) is 0 Å². The largest absolute Gasteiger partial charge is 0.469 e. The van der Waals surface area contributed by atoms with Gasteiger partial charge in [0, 0.05) is 23.7 Å². The van der Waals surface area contributed by atoms with Crippen molar-refractivity contribution in [2.24, 2.45) is 7.05 Å². The molecular formula is C19H17N7O3S. The number of amides is 2. The molecule has 0 spiro atoms. The molecule has 0 aliphatic heterocycles. The van der Waals surface area contributed by atoms with E-state index in [0.717, 1.165) is 5.56 Å². The van der Waals surface area contributed by atoms with Crippen LogP contribution in [0, 0.1) is 6.92 Å². The number of thiazole rings is 1. The summed E-state index contributed by atoms with van der Waals surface area (Å²) < 4.78 is 6.69. The minimum atomic E-state index is -0.304. The minimum absolute atomic E-state index is 0.0762. The molecule has 0 bridgehead atoms. The van der Waals surface area contributed by atoms with Crippen molar-refractivity contribution in [3.8, 4) is 11.4 Å². The Morgan fingerprint density at radius 3 is 2.83 bits per heavy atom. The minimum Gasteiger partial charge on any atom is -0.469 e. The van der Waals surface area contributed by atoms with Gasteiger partial charge in [-0.25, -0.2) is 9.67 Å². The number of rotatable bonds is 6. The molecule has 0 aliphatic carbocycles. The molecule has 30 heavy (non-hydrogen) atoms. The Bertz CT molecular complexity index is 1210. The van der Waals surface area contributed by atoms with E-state index in [9.17, 15) is 9.59 Å². The van der Waals surface area contributed by atoms with E-state index in [2.05, 4.69) is 31.1 Å². The van der Waals surface area contributed by atoms with Gasteiger partial charge in [-0.05, 0) is 35.5 Å². The number of carbonyl (C=O) groups excluding carboxylic acids is 2. The summed E-state index contributed by atoms with van der Waals surface area (Å²) in [7, 11) is 1.74. The maximum absolute atomic E-state index is 12.4. The van der Waals surface area contributed by atoms with Crippen LogP contribution in [-0.2, 0) is 18.3 Å². The number of tetrazole rings is 1. The van der Waals surface area contributed by atoms with Crippen molar-refractivity contribution in [3.05, 3.63) is 59.0 Å². The summed E-state index contributed by atoms with van der Waals surface area (Å²) in [4.78, 5) is 28.9. The van der Waals surface area contributed by atoms with Crippen LogP contribution >= 0.6 is 11.3 Å². The molecule has 0 radical (unpaired) electrons. The number of nitrogens with zero attached hydrogens (tertiary/aromatic N) is 5. The fourth-order valence-corrected chi connectivity index (χ4v) is 3.52. The zero-order valence-corrected chi connectivity index (χ0v) is 16.9. The van der Waals surface area contributed by atoms with Gasteiger partial charge >= 0.3 is 0 Å². The Morgan fingerprint density at radius 2 is 2.10 bits per heavy atom. The lowest BCUT2D eigenvalue weighted by molar-refractivity contribution is -0.115. The van der Waals surface area contributed by atoms with Crippen LogP contribution in [0.25, 0.3) is 11.4 Å². The monoisotopic (exact) mass is 423 g/mol. The number of aromatic nitrogens is 5. The van der Waals surface area contributed by atoms with Gasteiger partial charge in [0.1, 0.15) is 5.76 Å². The van der Waals surface area contributed by atoms with Crippen molar-refractivity contribution >= 4 is 34.0 Å². The third kappa shape index (κ3) is 4.25. The fraction of sp³-hybridized carbons (Fsp3) is 0.158. The molecule has 0 unspecified atom stereocenters. The number of hydrogen-bond donors (Lipinski definition) is 2. The SMILES string of the molecule is Cc1occc1C(=O)Nc1nc(CC(=O)Nc2cccc(-c3nnnn3C)c2)cs1. The summed E-state index contributed by atoms with van der Waals surface area (Å²) in [6.45, 7) is 1.71. The first kappa shape index (κ1) is 19.5. The maximum atomic E-state index is 12.4. The second-order valence-corrected chi connectivity index (χ2v) is 7.28. The third-order valence-electron chi connectivity index (χ3n) is 4.24. The highest BCUT2D eigenvalue weighted by Crippen LogP contribution is 2.21. The van der Waals surface area contributed by atoms with Gasteiger partial charge in [-0.3, -0.25) is 14.9 Å². The lowest BCUT2D eigenvalue weighted by Gasteiger charge is -2.06. The molecule has 10 nitrogen and oxygen atoms in total. The molecule has 2 amide bonds. The molecule has 4 rings (SSSR count). The lowest BCUT2D eigenvalue weighted by Crippen LogP contribution is -2.15. The summed E-state index contributed by atoms with van der Waals surface area (Å²) in [6.07, 6.45) is 1.53. The molecule has 0 saturated heterocycles. The van der Waals surface area contributed by atoms with Crippen molar-refractivity contribution in [2.45, 2.75) is 13.3 Å². The van der Waals surface area contributed by atoms with Crippen molar-refractivity contribution in [1.82, 2.24) is 25.2 Å². The van der Waals surface area contributed by atoms with Crippen LogP contribution in [0.2, 0.25) is 0 Å². The van der Waals surface area contributed by atoms with E-state index < -0.39 is 0 Å². The molecule has 4 aromatic rings. The molecule has 1 aromatic carbocycles. The highest BCUT2D eigenvalue weighted by atomic mass is 32.1. The summed E-state index contributed by atoms with van der Waals surface area (Å²) >= 11 is 1.25. The van der Waals surface area contributed by atoms with Gasteiger partial charge in [0.2, 0.25) is 5.91 Å². The van der Waals surface area contributed by atoms with Gasteiger partial charge in [0.05, 0.1) is 23.9 Å². The van der Waals surface area contributed by atoms with Crippen molar-refractivity contribution in [3.63, 3.8) is 0 Å². The first-order chi connectivity index (χ1) is 14.5. The smallest absolute Gasteiger partial charge is 0.260 e. The molecular weight excluding hydrogens is 406 g/mol. The Kier molecular flexibility index (Phi) is 5.35. The van der Waals surface area contributed by atoms with E-state index in [-0.39, 0.29) is 18.2 Å². The van der Waals surface area contributed by atoms with E-state index in [1.807, 2.05) is 12.1 Å². The average Bonchev–Trinajstić information content (AvgIpc) is 3.44. The number of hydrogen-bond acceptors (Lipinski definition) is 8.